The van der Waals surface area contributed by atoms with E-state index < -0.39 is 11.6 Å². The summed E-state index contributed by atoms with van der Waals surface area (Å²) in [6.45, 7) is 4.29. The maximum absolute atomic E-state index is 13.3. The highest BCUT2D eigenvalue weighted by Crippen LogP contribution is 2.39. The lowest BCUT2D eigenvalue weighted by atomic mass is 9.86. The maximum atomic E-state index is 13.3. The lowest BCUT2D eigenvalue weighted by Gasteiger charge is -2.31. The number of carbonyl (C=O) groups excluding carboxylic acids is 1. The van der Waals surface area contributed by atoms with Gasteiger partial charge in [0, 0.05) is 23.6 Å². The summed E-state index contributed by atoms with van der Waals surface area (Å²) in [7, 11) is 1.63. The van der Waals surface area contributed by atoms with Gasteiger partial charge < -0.3 is 23.9 Å². The molecule has 0 aliphatic carbocycles. The largest absolute Gasteiger partial charge is 0.488 e. The van der Waals surface area contributed by atoms with Crippen LogP contribution in [0.2, 0.25) is 0 Å². The minimum absolute atomic E-state index is 0.111. The number of hydrogen-bond donors (Lipinski definition) is 1. The number of aromatic nitrogens is 2. The van der Waals surface area contributed by atoms with Crippen molar-refractivity contribution < 1.29 is 24.1 Å². The molecular formula is C24H24N2O6. The molecule has 4 heterocycles. The Bertz CT molecular complexity index is 1310. The third kappa shape index (κ3) is 2.94. The van der Waals surface area contributed by atoms with Gasteiger partial charge in [-0.1, -0.05) is 13.0 Å². The Morgan fingerprint density at radius 1 is 1.31 bits per heavy atom. The van der Waals surface area contributed by atoms with E-state index in [0.717, 1.165) is 16.5 Å². The Morgan fingerprint density at radius 2 is 2.12 bits per heavy atom. The number of benzene rings is 1. The monoisotopic (exact) mass is 436 g/mol. The van der Waals surface area contributed by atoms with Gasteiger partial charge in [0.2, 0.25) is 0 Å². The Hall–Kier alpha value is -3.23. The van der Waals surface area contributed by atoms with Crippen LogP contribution in [0.25, 0.3) is 22.3 Å². The van der Waals surface area contributed by atoms with Crippen LogP contribution in [0.1, 0.15) is 37.0 Å². The van der Waals surface area contributed by atoms with Crippen molar-refractivity contribution in [2.75, 3.05) is 13.7 Å². The van der Waals surface area contributed by atoms with Crippen LogP contribution < -0.4 is 10.3 Å². The summed E-state index contributed by atoms with van der Waals surface area (Å²) in [6.07, 6.45) is -0.0187. The normalized spacial score (nSPS) is 19.8. The van der Waals surface area contributed by atoms with Crippen LogP contribution >= 0.6 is 0 Å². The molecule has 0 radical (unpaired) electrons. The van der Waals surface area contributed by atoms with Gasteiger partial charge in [-0.05, 0) is 37.6 Å². The molecule has 5 rings (SSSR count). The van der Waals surface area contributed by atoms with Crippen molar-refractivity contribution in [1.29, 1.82) is 0 Å². The average molecular weight is 436 g/mol. The molecular weight excluding hydrogens is 412 g/mol. The van der Waals surface area contributed by atoms with Crippen LogP contribution in [0.4, 0.5) is 0 Å². The third-order valence-electron chi connectivity index (χ3n) is 6.24. The minimum atomic E-state index is -1.83. The highest BCUT2D eigenvalue weighted by atomic mass is 16.6. The number of cyclic esters (lactones) is 1. The molecule has 32 heavy (non-hydrogen) atoms. The Balaban J connectivity index is 1.66. The lowest BCUT2D eigenvalue weighted by Crippen LogP contribution is -2.44. The molecule has 0 saturated heterocycles. The summed E-state index contributed by atoms with van der Waals surface area (Å²) in [5.41, 5.74) is 1.38. The molecule has 1 N–H and O–H groups in total. The average Bonchev–Trinajstić information content (AvgIpc) is 3.14. The van der Waals surface area contributed by atoms with E-state index in [1.807, 2.05) is 31.2 Å². The van der Waals surface area contributed by atoms with Crippen LogP contribution in [0.5, 0.6) is 5.75 Å². The molecule has 8 nitrogen and oxygen atoms in total. The van der Waals surface area contributed by atoms with Crippen LogP contribution in [0.3, 0.4) is 0 Å². The molecule has 166 valence electrons. The van der Waals surface area contributed by atoms with E-state index in [2.05, 4.69) is 0 Å². The Morgan fingerprint density at radius 3 is 2.88 bits per heavy atom. The number of methoxy groups -OCH3 is 1. The van der Waals surface area contributed by atoms with Gasteiger partial charge in [0.15, 0.2) is 5.60 Å². The van der Waals surface area contributed by atoms with Gasteiger partial charge in [0.05, 0.1) is 35.6 Å². The lowest BCUT2D eigenvalue weighted by molar-refractivity contribution is -0.172. The first kappa shape index (κ1) is 20.7. The molecule has 0 spiro atoms. The smallest absolute Gasteiger partial charge is 0.343 e. The van der Waals surface area contributed by atoms with Gasteiger partial charge in [0.25, 0.3) is 5.56 Å². The molecule has 2 aliphatic heterocycles. The van der Waals surface area contributed by atoms with E-state index in [9.17, 15) is 14.7 Å². The van der Waals surface area contributed by atoms with Crippen LogP contribution in [-0.4, -0.2) is 40.4 Å². The summed E-state index contributed by atoms with van der Waals surface area (Å²) in [5, 5.41) is 11.8. The molecule has 2 aromatic heterocycles. The van der Waals surface area contributed by atoms with E-state index in [-0.39, 0.29) is 24.7 Å². The molecule has 0 saturated carbocycles. The molecule has 1 unspecified atom stereocenters. The minimum Gasteiger partial charge on any atom is -0.488 e. The molecule has 2 atom stereocenters. The molecule has 0 bridgehead atoms. The van der Waals surface area contributed by atoms with E-state index in [1.165, 1.54) is 0 Å². The number of carbonyl (C=O) groups is 1. The molecule has 1 aromatic carbocycles. The first-order valence-corrected chi connectivity index (χ1v) is 10.6. The number of pyridine rings is 2. The van der Waals surface area contributed by atoms with Gasteiger partial charge in [-0.25, -0.2) is 9.78 Å². The van der Waals surface area contributed by atoms with Gasteiger partial charge >= 0.3 is 5.97 Å². The molecule has 2 aliphatic rings. The number of ether oxygens (including phenoxy) is 3. The highest BCUT2D eigenvalue weighted by Gasteiger charge is 2.45. The third-order valence-corrected chi connectivity index (χ3v) is 6.24. The van der Waals surface area contributed by atoms with Gasteiger partial charge in [-0.3, -0.25) is 4.79 Å². The number of rotatable bonds is 5. The second kappa shape index (κ2) is 7.43. The van der Waals surface area contributed by atoms with Crippen LogP contribution in [0, 0.1) is 0 Å². The fourth-order valence-electron chi connectivity index (χ4n) is 4.56. The van der Waals surface area contributed by atoms with E-state index in [0.29, 0.717) is 41.4 Å². The standard InChI is InChI=1S/C24H24N2O6/c1-4-24(29)17-9-19-21-14(10-26(19)22(27)16(17)12-31-23(24)28)8-15-18(25-21)6-5-7-20(15)32-13(2)11-30-3/h5-9,13,29H,4,10-12H2,1-3H3/t13?,24-/m0/s1. The second-order valence-electron chi connectivity index (χ2n) is 8.31. The van der Waals surface area contributed by atoms with Crippen LogP contribution in [0.15, 0.2) is 35.1 Å². The quantitative estimate of drug-likeness (QED) is 0.480. The van der Waals surface area contributed by atoms with Crippen molar-refractivity contribution in [1.82, 2.24) is 9.55 Å². The number of esters is 1. The van der Waals surface area contributed by atoms with Gasteiger partial charge in [0.1, 0.15) is 18.5 Å². The number of nitrogens with zero attached hydrogens (tertiary/aromatic N) is 2. The Labute approximate surface area is 184 Å². The van der Waals surface area contributed by atoms with Crippen molar-refractivity contribution in [3.05, 3.63) is 57.4 Å². The first-order chi connectivity index (χ1) is 15.4. The van der Waals surface area contributed by atoms with Crippen molar-refractivity contribution in [3.63, 3.8) is 0 Å². The van der Waals surface area contributed by atoms with Gasteiger partial charge in [-0.2, -0.15) is 0 Å². The van der Waals surface area contributed by atoms with E-state index >= 15 is 0 Å². The van der Waals surface area contributed by atoms with Crippen molar-refractivity contribution in [3.8, 4) is 17.1 Å². The number of hydrogen-bond acceptors (Lipinski definition) is 7. The SMILES string of the molecule is CC[C@@]1(O)C(=O)OCc2c1cc1n(c2=O)Cc2cc3c(OC(C)COC)cccc3nc2-1. The maximum Gasteiger partial charge on any atom is 0.343 e. The zero-order valence-electron chi connectivity index (χ0n) is 18.2. The number of fused-ring (bicyclic) bond motifs is 5. The molecule has 3 aromatic rings. The fraction of sp³-hybridized carbons (Fsp3) is 0.375. The van der Waals surface area contributed by atoms with Crippen molar-refractivity contribution >= 4 is 16.9 Å². The summed E-state index contributed by atoms with van der Waals surface area (Å²) in [6, 6.07) is 9.36. The zero-order chi connectivity index (χ0) is 22.6. The Kier molecular flexibility index (Phi) is 4.79. The van der Waals surface area contributed by atoms with Crippen molar-refractivity contribution in [2.45, 2.75) is 45.1 Å². The fourth-order valence-corrected chi connectivity index (χ4v) is 4.56. The predicted molar refractivity (Wildman–Crippen MR) is 116 cm³/mol. The molecule has 0 fully saturated rings. The first-order valence-electron chi connectivity index (χ1n) is 10.6. The molecule has 8 heteroatoms. The highest BCUT2D eigenvalue weighted by molar-refractivity contribution is 5.89. The summed E-state index contributed by atoms with van der Waals surface area (Å²) in [5.74, 6) is -0.0298. The topological polar surface area (TPSA) is 99.9 Å². The second-order valence-corrected chi connectivity index (χ2v) is 8.31. The van der Waals surface area contributed by atoms with E-state index in [4.69, 9.17) is 19.2 Å². The zero-order valence-corrected chi connectivity index (χ0v) is 18.2. The van der Waals surface area contributed by atoms with Crippen molar-refractivity contribution in [2.24, 2.45) is 0 Å². The summed E-state index contributed by atoms with van der Waals surface area (Å²) in [4.78, 5) is 30.4. The van der Waals surface area contributed by atoms with Gasteiger partial charge in [-0.15, -0.1) is 0 Å². The summed E-state index contributed by atoms with van der Waals surface area (Å²) < 4.78 is 18.0. The molecule has 0 amide bonds. The number of aliphatic hydroxyl groups is 1. The predicted octanol–water partition coefficient (Wildman–Crippen LogP) is 2.49. The summed E-state index contributed by atoms with van der Waals surface area (Å²) >= 11 is 0. The van der Waals surface area contributed by atoms with E-state index in [1.54, 1.807) is 24.7 Å². The van der Waals surface area contributed by atoms with Crippen LogP contribution in [-0.2, 0) is 33.0 Å².